The predicted octanol–water partition coefficient (Wildman–Crippen LogP) is 4.73. The SMILES string of the molecule is CNC1CC=C(c2cnc(N)c3c(-c4ccc(NS(=O)(=O)Cc5cccnc5)cc4F)nc(C(C)C)n23)CC1. The predicted molar refractivity (Wildman–Crippen MR) is 152 cm³/mol. The van der Waals surface area contributed by atoms with E-state index >= 15 is 4.39 Å². The maximum absolute atomic E-state index is 15.6. The van der Waals surface area contributed by atoms with E-state index in [0.29, 0.717) is 22.8 Å². The van der Waals surface area contributed by atoms with Crippen molar-refractivity contribution in [2.75, 3.05) is 17.5 Å². The minimum Gasteiger partial charge on any atom is -0.382 e. The third-order valence-corrected chi connectivity index (χ3v) is 8.21. The molecule has 4 N–H and O–H groups in total. The molecule has 0 spiro atoms. The Hall–Kier alpha value is -3.83. The molecule has 1 aliphatic carbocycles. The maximum Gasteiger partial charge on any atom is 0.236 e. The van der Waals surface area contributed by atoms with E-state index in [0.717, 1.165) is 42.4 Å². The summed E-state index contributed by atoms with van der Waals surface area (Å²) in [6.45, 7) is 4.06. The van der Waals surface area contributed by atoms with Crippen molar-refractivity contribution in [1.82, 2.24) is 24.7 Å². The Balaban J connectivity index is 1.54. The average Bonchev–Trinajstić information content (AvgIpc) is 3.31. The molecule has 0 fully saturated rings. The van der Waals surface area contributed by atoms with E-state index in [-0.39, 0.29) is 28.7 Å². The quantitative estimate of drug-likeness (QED) is 0.290. The zero-order chi connectivity index (χ0) is 27.7. The van der Waals surface area contributed by atoms with Crippen molar-refractivity contribution < 1.29 is 12.8 Å². The molecule has 1 aliphatic rings. The number of imidazole rings is 1. The highest BCUT2D eigenvalue weighted by Crippen LogP contribution is 2.37. The number of hydrogen-bond donors (Lipinski definition) is 3. The fourth-order valence-electron chi connectivity index (χ4n) is 4.99. The van der Waals surface area contributed by atoms with Gasteiger partial charge in [0.2, 0.25) is 10.0 Å². The Kier molecular flexibility index (Phi) is 7.37. The first-order chi connectivity index (χ1) is 18.7. The largest absolute Gasteiger partial charge is 0.382 e. The number of halogens is 1. The van der Waals surface area contributed by atoms with Crippen LogP contribution in [-0.2, 0) is 15.8 Å². The lowest BCUT2D eigenvalue weighted by Gasteiger charge is -2.22. The number of nitrogens with two attached hydrogens (primary N) is 1. The van der Waals surface area contributed by atoms with E-state index in [1.807, 2.05) is 25.3 Å². The van der Waals surface area contributed by atoms with Crippen LogP contribution in [0.5, 0.6) is 0 Å². The van der Waals surface area contributed by atoms with Gasteiger partial charge in [-0.15, -0.1) is 0 Å². The molecule has 1 atom stereocenters. The van der Waals surface area contributed by atoms with Gasteiger partial charge in [-0.05, 0) is 61.7 Å². The Morgan fingerprint density at radius 1 is 1.23 bits per heavy atom. The highest BCUT2D eigenvalue weighted by Gasteiger charge is 2.25. The fraction of sp³-hybridized carbons (Fsp3) is 0.321. The molecule has 39 heavy (non-hydrogen) atoms. The van der Waals surface area contributed by atoms with Crippen molar-refractivity contribution in [3.05, 3.63) is 77.9 Å². The molecule has 3 aromatic heterocycles. The van der Waals surface area contributed by atoms with Crippen molar-refractivity contribution in [1.29, 1.82) is 0 Å². The second-order valence-electron chi connectivity index (χ2n) is 10.1. The molecule has 0 amide bonds. The Bertz CT molecular complexity index is 1650. The molecule has 0 bridgehead atoms. The highest BCUT2D eigenvalue weighted by molar-refractivity contribution is 7.91. The van der Waals surface area contributed by atoms with E-state index < -0.39 is 15.8 Å². The fourth-order valence-corrected chi connectivity index (χ4v) is 6.15. The van der Waals surface area contributed by atoms with Crippen LogP contribution in [0.4, 0.5) is 15.9 Å². The van der Waals surface area contributed by atoms with Gasteiger partial charge >= 0.3 is 0 Å². The van der Waals surface area contributed by atoms with Gasteiger partial charge in [0.25, 0.3) is 0 Å². The lowest BCUT2D eigenvalue weighted by Crippen LogP contribution is -2.26. The Morgan fingerprint density at radius 3 is 2.69 bits per heavy atom. The summed E-state index contributed by atoms with van der Waals surface area (Å²) < 4.78 is 45.3. The van der Waals surface area contributed by atoms with Crippen LogP contribution >= 0.6 is 0 Å². The second kappa shape index (κ2) is 10.7. The standard InChI is InChI=1S/C28H32FN7O2S/c1-17(2)28-34-25(26-27(30)33-15-24(36(26)28)19-6-8-20(31-3)9-7-19)22-11-10-21(13-23(22)29)35-39(37,38)16-18-5-4-12-32-14-18/h4-6,10-15,17,20,31,35H,7-9,16H2,1-3H3,(H2,30,33). The van der Waals surface area contributed by atoms with Crippen molar-refractivity contribution in [3.8, 4) is 11.3 Å². The van der Waals surface area contributed by atoms with E-state index in [1.165, 1.54) is 18.3 Å². The minimum atomic E-state index is -3.77. The summed E-state index contributed by atoms with van der Waals surface area (Å²) in [5, 5.41) is 3.33. The third kappa shape index (κ3) is 5.50. The van der Waals surface area contributed by atoms with E-state index in [4.69, 9.17) is 10.7 Å². The maximum atomic E-state index is 15.6. The number of benzene rings is 1. The Labute approximate surface area is 227 Å². The first-order valence-electron chi connectivity index (χ1n) is 12.9. The number of pyridine rings is 1. The normalized spacial score (nSPS) is 16.0. The molecule has 11 heteroatoms. The summed E-state index contributed by atoms with van der Waals surface area (Å²) in [6.07, 6.45) is 9.81. The number of sulfonamides is 1. The summed E-state index contributed by atoms with van der Waals surface area (Å²) in [7, 11) is -1.80. The zero-order valence-corrected chi connectivity index (χ0v) is 23.0. The van der Waals surface area contributed by atoms with Crippen molar-refractivity contribution >= 4 is 32.6 Å². The molecular weight excluding hydrogens is 517 g/mol. The second-order valence-corrected chi connectivity index (χ2v) is 11.8. The monoisotopic (exact) mass is 549 g/mol. The lowest BCUT2D eigenvalue weighted by molar-refractivity contribution is 0.522. The number of fused-ring (bicyclic) bond motifs is 1. The van der Waals surface area contributed by atoms with Crippen LogP contribution < -0.4 is 15.8 Å². The third-order valence-electron chi connectivity index (χ3n) is 6.95. The number of nitrogen functional groups attached to an aromatic ring is 1. The number of allylic oxidation sites excluding steroid dienone is 1. The molecule has 204 valence electrons. The van der Waals surface area contributed by atoms with Crippen molar-refractivity contribution in [2.24, 2.45) is 0 Å². The van der Waals surface area contributed by atoms with Gasteiger partial charge in [-0.2, -0.15) is 0 Å². The number of anilines is 2. The summed E-state index contributed by atoms with van der Waals surface area (Å²) in [4.78, 5) is 13.2. The van der Waals surface area contributed by atoms with Crippen LogP contribution in [0.25, 0.3) is 22.3 Å². The summed E-state index contributed by atoms with van der Waals surface area (Å²) >= 11 is 0. The molecule has 4 aromatic rings. The van der Waals surface area contributed by atoms with E-state index in [1.54, 1.807) is 24.5 Å². The van der Waals surface area contributed by atoms with Gasteiger partial charge in [-0.3, -0.25) is 14.1 Å². The molecule has 0 radical (unpaired) electrons. The van der Waals surface area contributed by atoms with Crippen molar-refractivity contribution in [3.63, 3.8) is 0 Å². The molecule has 1 aromatic carbocycles. The van der Waals surface area contributed by atoms with Gasteiger partial charge in [0, 0.05) is 29.9 Å². The molecule has 0 saturated carbocycles. The molecular formula is C28H32FN7O2S. The van der Waals surface area contributed by atoms with E-state index in [2.05, 4.69) is 26.1 Å². The molecule has 9 nitrogen and oxygen atoms in total. The van der Waals surface area contributed by atoms with Gasteiger partial charge in [0.05, 0.1) is 23.3 Å². The topological polar surface area (TPSA) is 127 Å². The summed E-state index contributed by atoms with van der Waals surface area (Å²) in [6, 6.07) is 7.97. The summed E-state index contributed by atoms with van der Waals surface area (Å²) in [5.74, 6) is 0.136. The number of hydrogen-bond acceptors (Lipinski definition) is 7. The minimum absolute atomic E-state index is 0.0302. The van der Waals surface area contributed by atoms with Crippen LogP contribution in [0.2, 0.25) is 0 Å². The van der Waals surface area contributed by atoms with Gasteiger partial charge in [0.1, 0.15) is 28.7 Å². The van der Waals surface area contributed by atoms with E-state index in [9.17, 15) is 8.42 Å². The smallest absolute Gasteiger partial charge is 0.236 e. The Morgan fingerprint density at radius 2 is 2.05 bits per heavy atom. The molecule has 1 unspecified atom stereocenters. The summed E-state index contributed by atoms with van der Waals surface area (Å²) in [5.41, 5.74) is 10.2. The zero-order valence-electron chi connectivity index (χ0n) is 22.1. The van der Waals surface area contributed by atoms with Crippen LogP contribution in [-0.4, -0.2) is 40.9 Å². The molecule has 0 saturated heterocycles. The lowest BCUT2D eigenvalue weighted by atomic mass is 9.93. The average molecular weight is 550 g/mol. The molecule has 5 rings (SSSR count). The number of rotatable bonds is 8. The van der Waals surface area contributed by atoms with Crippen LogP contribution in [0.1, 0.15) is 56.1 Å². The van der Waals surface area contributed by atoms with Crippen molar-refractivity contribution in [2.45, 2.75) is 50.8 Å². The van der Waals surface area contributed by atoms with Gasteiger partial charge in [-0.25, -0.2) is 22.8 Å². The van der Waals surface area contributed by atoms with Gasteiger partial charge in [-0.1, -0.05) is 26.0 Å². The van der Waals surface area contributed by atoms with Gasteiger partial charge in [0.15, 0.2) is 0 Å². The number of nitrogens with one attached hydrogen (secondary N) is 2. The molecule has 3 heterocycles. The van der Waals surface area contributed by atoms with Gasteiger partial charge < -0.3 is 11.1 Å². The molecule has 0 aliphatic heterocycles. The van der Waals surface area contributed by atoms with Crippen LogP contribution in [0.3, 0.4) is 0 Å². The first-order valence-corrected chi connectivity index (χ1v) is 14.5. The highest BCUT2D eigenvalue weighted by atomic mass is 32.2. The van der Waals surface area contributed by atoms with Crippen LogP contribution in [0, 0.1) is 5.82 Å². The number of aromatic nitrogens is 4. The number of nitrogens with zero attached hydrogens (tertiary/aromatic N) is 4. The van der Waals surface area contributed by atoms with Crippen LogP contribution in [0.15, 0.2) is 55.0 Å². The first kappa shape index (κ1) is 26.8.